The second-order valence-electron chi connectivity index (χ2n) is 5.55. The van der Waals surface area contributed by atoms with Crippen LogP contribution < -0.4 is 5.32 Å². The van der Waals surface area contributed by atoms with Crippen molar-refractivity contribution in [3.8, 4) is 5.69 Å². The fraction of sp³-hybridized carbons (Fsp3) is 0.167. The number of hydrogen-bond donors (Lipinski definition) is 2. The second kappa shape index (κ2) is 7.46. The summed E-state index contributed by atoms with van der Waals surface area (Å²) in [4.78, 5) is 12.3. The van der Waals surface area contributed by atoms with E-state index >= 15 is 0 Å². The third kappa shape index (κ3) is 3.87. The molecule has 1 aromatic heterocycles. The monoisotopic (exact) mass is 356 g/mol. The Morgan fingerprint density at radius 3 is 2.72 bits per heavy atom. The second-order valence-corrected chi connectivity index (χ2v) is 5.99. The first-order valence-corrected chi connectivity index (χ1v) is 8.13. The molecule has 2 aromatic carbocycles. The molecule has 1 atom stereocenters. The predicted octanol–water partition coefficient (Wildman–Crippen LogP) is 2.69. The maximum Gasteiger partial charge on any atom is 0.273 e. The standard InChI is InChI=1S/C18H17ClN4O2/c1-12-17(21-22-23(12)15-9-5-8-14(19)10-15)18(25)20-11-16(24)13-6-3-2-4-7-13/h2-10,16,24H,11H2,1H3,(H,20,25)/t16-/m0/s1. The molecule has 25 heavy (non-hydrogen) atoms. The third-order valence-electron chi connectivity index (χ3n) is 3.80. The predicted molar refractivity (Wildman–Crippen MR) is 94.8 cm³/mol. The van der Waals surface area contributed by atoms with Gasteiger partial charge in [0.1, 0.15) is 0 Å². The Hall–Kier alpha value is -2.70. The number of nitrogens with one attached hydrogen (secondary N) is 1. The molecule has 0 bridgehead atoms. The minimum atomic E-state index is -0.784. The van der Waals surface area contributed by atoms with Crippen molar-refractivity contribution >= 4 is 17.5 Å². The van der Waals surface area contributed by atoms with E-state index in [1.54, 1.807) is 41.9 Å². The molecular formula is C18H17ClN4O2. The lowest BCUT2D eigenvalue weighted by atomic mass is 10.1. The summed E-state index contributed by atoms with van der Waals surface area (Å²) in [5.41, 5.74) is 2.26. The van der Waals surface area contributed by atoms with Crippen molar-refractivity contribution in [2.45, 2.75) is 13.0 Å². The normalized spacial score (nSPS) is 12.0. The Labute approximate surface area is 150 Å². The minimum Gasteiger partial charge on any atom is -0.387 e. The van der Waals surface area contributed by atoms with Gasteiger partial charge in [0.25, 0.3) is 5.91 Å². The van der Waals surface area contributed by atoms with Gasteiger partial charge in [0.15, 0.2) is 5.69 Å². The average molecular weight is 357 g/mol. The lowest BCUT2D eigenvalue weighted by molar-refractivity contribution is 0.0910. The Balaban J connectivity index is 1.71. The molecule has 128 valence electrons. The van der Waals surface area contributed by atoms with Crippen molar-refractivity contribution in [2.24, 2.45) is 0 Å². The number of aliphatic hydroxyl groups excluding tert-OH is 1. The van der Waals surface area contributed by atoms with E-state index in [9.17, 15) is 9.90 Å². The number of aromatic nitrogens is 3. The van der Waals surface area contributed by atoms with Gasteiger partial charge >= 0.3 is 0 Å². The Morgan fingerprint density at radius 1 is 1.24 bits per heavy atom. The van der Waals surface area contributed by atoms with Crippen molar-refractivity contribution in [3.63, 3.8) is 0 Å². The number of aliphatic hydroxyl groups is 1. The summed E-state index contributed by atoms with van der Waals surface area (Å²) in [5.74, 6) is -0.388. The van der Waals surface area contributed by atoms with Crippen LogP contribution in [-0.4, -0.2) is 32.6 Å². The van der Waals surface area contributed by atoms with E-state index in [1.807, 2.05) is 24.3 Å². The molecule has 0 unspecified atom stereocenters. The van der Waals surface area contributed by atoms with E-state index < -0.39 is 6.10 Å². The zero-order chi connectivity index (χ0) is 17.8. The maximum absolute atomic E-state index is 12.3. The van der Waals surface area contributed by atoms with Gasteiger partial charge in [0, 0.05) is 11.6 Å². The molecule has 0 saturated carbocycles. The number of hydrogen-bond acceptors (Lipinski definition) is 4. The lowest BCUT2D eigenvalue weighted by Crippen LogP contribution is -2.29. The molecule has 0 saturated heterocycles. The fourth-order valence-electron chi connectivity index (χ4n) is 2.46. The van der Waals surface area contributed by atoms with E-state index in [0.29, 0.717) is 10.7 Å². The van der Waals surface area contributed by atoms with Crippen LogP contribution in [0.3, 0.4) is 0 Å². The van der Waals surface area contributed by atoms with E-state index in [4.69, 9.17) is 11.6 Å². The first-order chi connectivity index (χ1) is 12.1. The van der Waals surface area contributed by atoms with Gasteiger partial charge in [0.2, 0.25) is 0 Å². The Kier molecular flexibility index (Phi) is 5.11. The summed E-state index contributed by atoms with van der Waals surface area (Å²) in [7, 11) is 0. The van der Waals surface area contributed by atoms with E-state index in [0.717, 1.165) is 11.3 Å². The summed E-state index contributed by atoms with van der Waals surface area (Å²) < 4.78 is 1.55. The van der Waals surface area contributed by atoms with E-state index in [-0.39, 0.29) is 18.1 Å². The fourth-order valence-corrected chi connectivity index (χ4v) is 2.64. The number of amides is 1. The molecule has 0 radical (unpaired) electrons. The van der Waals surface area contributed by atoms with Crippen LogP contribution >= 0.6 is 11.6 Å². The van der Waals surface area contributed by atoms with Gasteiger partial charge in [-0.1, -0.05) is 53.2 Å². The summed E-state index contributed by atoms with van der Waals surface area (Å²) in [6, 6.07) is 16.3. The van der Waals surface area contributed by atoms with Gasteiger partial charge in [0.05, 0.1) is 17.5 Å². The SMILES string of the molecule is Cc1c(C(=O)NC[C@H](O)c2ccccc2)nnn1-c1cccc(Cl)c1. The summed E-state index contributed by atoms with van der Waals surface area (Å²) in [6.07, 6.45) is -0.784. The highest BCUT2D eigenvalue weighted by molar-refractivity contribution is 6.30. The molecule has 0 aliphatic heterocycles. The largest absolute Gasteiger partial charge is 0.387 e. The zero-order valence-electron chi connectivity index (χ0n) is 13.6. The van der Waals surface area contributed by atoms with Crippen LogP contribution in [0.4, 0.5) is 0 Å². The molecule has 0 spiro atoms. The number of carbonyl (C=O) groups excluding carboxylic acids is 1. The van der Waals surface area contributed by atoms with Gasteiger partial charge in [-0.15, -0.1) is 5.10 Å². The lowest BCUT2D eigenvalue weighted by Gasteiger charge is -2.11. The minimum absolute atomic E-state index is 0.0896. The van der Waals surface area contributed by atoms with Gasteiger partial charge in [-0.2, -0.15) is 0 Å². The van der Waals surface area contributed by atoms with E-state index in [1.165, 1.54) is 0 Å². The first kappa shape index (κ1) is 17.1. The molecular weight excluding hydrogens is 340 g/mol. The zero-order valence-corrected chi connectivity index (χ0v) is 14.3. The highest BCUT2D eigenvalue weighted by atomic mass is 35.5. The van der Waals surface area contributed by atoms with Crippen LogP contribution in [-0.2, 0) is 0 Å². The molecule has 0 fully saturated rings. The highest BCUT2D eigenvalue weighted by Crippen LogP contribution is 2.17. The number of rotatable bonds is 5. The molecule has 1 amide bonds. The topological polar surface area (TPSA) is 80.0 Å². The summed E-state index contributed by atoms with van der Waals surface area (Å²) in [5, 5.41) is 21.4. The molecule has 0 aliphatic rings. The van der Waals surface area contributed by atoms with Crippen LogP contribution in [0.25, 0.3) is 5.69 Å². The van der Waals surface area contributed by atoms with E-state index in [2.05, 4.69) is 15.6 Å². The number of halogens is 1. The van der Waals surface area contributed by atoms with Crippen LogP contribution in [0.2, 0.25) is 5.02 Å². The Morgan fingerprint density at radius 2 is 2.00 bits per heavy atom. The quantitative estimate of drug-likeness (QED) is 0.736. The Bertz CT molecular complexity index is 880. The van der Waals surface area contributed by atoms with Crippen molar-refractivity contribution in [1.29, 1.82) is 0 Å². The average Bonchev–Trinajstić information content (AvgIpc) is 3.01. The summed E-state index contributed by atoms with van der Waals surface area (Å²) in [6.45, 7) is 1.84. The van der Waals surface area contributed by atoms with Crippen LogP contribution in [0, 0.1) is 6.92 Å². The molecule has 1 heterocycles. The molecule has 0 aliphatic carbocycles. The first-order valence-electron chi connectivity index (χ1n) is 7.75. The van der Waals surface area contributed by atoms with Crippen LogP contribution in [0.1, 0.15) is 27.8 Å². The smallest absolute Gasteiger partial charge is 0.273 e. The number of benzene rings is 2. The molecule has 3 rings (SSSR count). The van der Waals surface area contributed by atoms with Crippen molar-refractivity contribution in [2.75, 3.05) is 6.54 Å². The number of nitrogens with zero attached hydrogens (tertiary/aromatic N) is 3. The van der Waals surface area contributed by atoms with Gasteiger partial charge in [-0.25, -0.2) is 4.68 Å². The van der Waals surface area contributed by atoms with Gasteiger partial charge in [-0.05, 0) is 30.7 Å². The maximum atomic E-state index is 12.3. The highest BCUT2D eigenvalue weighted by Gasteiger charge is 2.18. The van der Waals surface area contributed by atoms with Crippen molar-refractivity contribution in [1.82, 2.24) is 20.3 Å². The summed E-state index contributed by atoms with van der Waals surface area (Å²) >= 11 is 5.99. The van der Waals surface area contributed by atoms with Gasteiger partial charge < -0.3 is 10.4 Å². The van der Waals surface area contributed by atoms with Gasteiger partial charge in [-0.3, -0.25) is 4.79 Å². The van der Waals surface area contributed by atoms with Crippen molar-refractivity contribution in [3.05, 3.63) is 76.6 Å². The third-order valence-corrected chi connectivity index (χ3v) is 4.04. The van der Waals surface area contributed by atoms with Crippen molar-refractivity contribution < 1.29 is 9.90 Å². The van der Waals surface area contributed by atoms with Crippen LogP contribution in [0.15, 0.2) is 54.6 Å². The molecule has 7 heteroatoms. The molecule has 3 aromatic rings. The molecule has 6 nitrogen and oxygen atoms in total. The number of carbonyl (C=O) groups is 1. The molecule has 2 N–H and O–H groups in total. The van der Waals surface area contributed by atoms with Crippen LogP contribution in [0.5, 0.6) is 0 Å².